The average molecular weight is 242 g/mol. The van der Waals surface area contributed by atoms with Crippen molar-refractivity contribution in [1.29, 1.82) is 0 Å². The highest BCUT2D eigenvalue weighted by atomic mass is 35.5. The molecule has 4 nitrogen and oxygen atoms in total. The lowest BCUT2D eigenvalue weighted by Gasteiger charge is -2.07. The van der Waals surface area contributed by atoms with Gasteiger partial charge in [0.2, 0.25) is 0 Å². The summed E-state index contributed by atoms with van der Waals surface area (Å²) in [6.07, 6.45) is -0.276. The second-order valence-corrected chi connectivity index (χ2v) is 3.57. The molecule has 0 aromatic heterocycles. The summed E-state index contributed by atoms with van der Waals surface area (Å²) in [5.41, 5.74) is 0.699. The summed E-state index contributed by atoms with van der Waals surface area (Å²) in [5.74, 6) is 0.310. The maximum atomic E-state index is 11.7. The number of nitrogens with one attached hydrogen (secondary N) is 1. The molecule has 0 aliphatic heterocycles. The van der Waals surface area contributed by atoms with Crippen LogP contribution in [0.3, 0.4) is 0 Å². The summed E-state index contributed by atoms with van der Waals surface area (Å²) < 4.78 is 0. The molecule has 0 bridgehead atoms. The Morgan fingerprint density at radius 3 is 2.62 bits per heavy atom. The first-order chi connectivity index (χ1) is 7.65. The summed E-state index contributed by atoms with van der Waals surface area (Å²) in [6.45, 7) is 0. The molecule has 86 valence electrons. The number of para-hydroxylation sites is 1. The van der Waals surface area contributed by atoms with Gasteiger partial charge in [0.15, 0.2) is 5.78 Å². The predicted octanol–water partition coefficient (Wildman–Crippen LogP) is 2.98. The SMILES string of the molecule is O=C(O)Nc1ccccc1C(=O)CCCCl. The van der Waals surface area contributed by atoms with Gasteiger partial charge in [0.05, 0.1) is 5.69 Å². The third-order valence-corrected chi connectivity index (χ3v) is 2.27. The van der Waals surface area contributed by atoms with Crippen LogP contribution in [-0.4, -0.2) is 22.9 Å². The van der Waals surface area contributed by atoms with E-state index < -0.39 is 6.09 Å². The number of hydrogen-bond donors (Lipinski definition) is 2. The van der Waals surface area contributed by atoms with Gasteiger partial charge in [-0.3, -0.25) is 10.1 Å². The van der Waals surface area contributed by atoms with Crippen LogP contribution in [0.25, 0.3) is 0 Å². The molecule has 0 fully saturated rings. The highest BCUT2D eigenvalue weighted by molar-refractivity contribution is 6.18. The number of amides is 1. The Hall–Kier alpha value is -1.55. The number of benzene rings is 1. The van der Waals surface area contributed by atoms with Crippen LogP contribution in [0, 0.1) is 0 Å². The Bertz CT molecular complexity index is 393. The molecule has 1 aromatic rings. The van der Waals surface area contributed by atoms with Crippen LogP contribution >= 0.6 is 11.6 Å². The summed E-state index contributed by atoms with van der Waals surface area (Å²) in [7, 11) is 0. The largest absolute Gasteiger partial charge is 0.465 e. The second-order valence-electron chi connectivity index (χ2n) is 3.19. The zero-order valence-electron chi connectivity index (χ0n) is 8.57. The first-order valence-corrected chi connectivity index (χ1v) is 5.36. The molecule has 0 atom stereocenters. The molecule has 0 radical (unpaired) electrons. The Labute approximate surface area is 98.2 Å². The number of carbonyl (C=O) groups excluding carboxylic acids is 1. The maximum absolute atomic E-state index is 11.7. The normalized spacial score (nSPS) is 9.81. The van der Waals surface area contributed by atoms with Crippen molar-refractivity contribution in [3.63, 3.8) is 0 Å². The van der Waals surface area contributed by atoms with Crippen molar-refractivity contribution in [3.05, 3.63) is 29.8 Å². The topological polar surface area (TPSA) is 66.4 Å². The molecule has 1 rings (SSSR count). The minimum atomic E-state index is -1.18. The van der Waals surface area contributed by atoms with E-state index in [1.807, 2.05) is 0 Å². The number of ketones is 1. The van der Waals surface area contributed by atoms with Crippen LogP contribution in [-0.2, 0) is 0 Å². The third kappa shape index (κ3) is 3.55. The third-order valence-electron chi connectivity index (χ3n) is 2.01. The summed E-state index contributed by atoms with van der Waals surface area (Å²) in [6, 6.07) is 6.52. The lowest BCUT2D eigenvalue weighted by atomic mass is 10.1. The Morgan fingerprint density at radius 1 is 1.31 bits per heavy atom. The minimum absolute atomic E-state index is 0.106. The average Bonchev–Trinajstić information content (AvgIpc) is 2.26. The smallest absolute Gasteiger partial charge is 0.409 e. The number of carbonyl (C=O) groups is 2. The van der Waals surface area contributed by atoms with Crippen molar-refractivity contribution in [3.8, 4) is 0 Å². The molecule has 0 aliphatic rings. The molecule has 0 saturated carbocycles. The van der Waals surface area contributed by atoms with Crippen LogP contribution in [0.2, 0.25) is 0 Å². The number of carboxylic acid groups (broad SMARTS) is 1. The fraction of sp³-hybridized carbons (Fsp3) is 0.273. The molecule has 1 amide bonds. The summed E-state index contributed by atoms with van der Waals surface area (Å²) >= 11 is 5.50. The molecular weight excluding hydrogens is 230 g/mol. The number of hydrogen-bond acceptors (Lipinski definition) is 2. The molecule has 0 aliphatic carbocycles. The van der Waals surface area contributed by atoms with Gasteiger partial charge in [-0.25, -0.2) is 4.79 Å². The molecule has 16 heavy (non-hydrogen) atoms. The van der Waals surface area contributed by atoms with Crippen molar-refractivity contribution >= 4 is 29.2 Å². The minimum Gasteiger partial charge on any atom is -0.465 e. The van der Waals surface area contributed by atoms with Crippen molar-refractivity contribution in [2.75, 3.05) is 11.2 Å². The van der Waals surface area contributed by atoms with Crippen LogP contribution in [0.4, 0.5) is 10.5 Å². The van der Waals surface area contributed by atoms with Crippen molar-refractivity contribution in [1.82, 2.24) is 0 Å². The maximum Gasteiger partial charge on any atom is 0.409 e. The van der Waals surface area contributed by atoms with Gasteiger partial charge >= 0.3 is 6.09 Å². The van der Waals surface area contributed by atoms with E-state index in [9.17, 15) is 9.59 Å². The molecule has 0 unspecified atom stereocenters. The van der Waals surface area contributed by atoms with E-state index in [0.717, 1.165) is 0 Å². The van der Waals surface area contributed by atoms with Gasteiger partial charge in [-0.1, -0.05) is 12.1 Å². The zero-order chi connectivity index (χ0) is 12.0. The predicted molar refractivity (Wildman–Crippen MR) is 62.4 cm³/mol. The van der Waals surface area contributed by atoms with E-state index in [2.05, 4.69) is 5.32 Å². The standard InChI is InChI=1S/C11H12ClNO3/c12-7-3-6-10(14)8-4-1-2-5-9(8)13-11(15)16/h1-2,4-5,13H,3,6-7H2,(H,15,16). The molecule has 0 saturated heterocycles. The van der Waals surface area contributed by atoms with E-state index in [1.165, 1.54) is 0 Å². The van der Waals surface area contributed by atoms with E-state index >= 15 is 0 Å². The number of halogens is 1. The molecule has 2 N–H and O–H groups in total. The number of alkyl halides is 1. The van der Waals surface area contributed by atoms with E-state index in [1.54, 1.807) is 24.3 Å². The number of Topliss-reactive ketones (excluding diaryl/α,β-unsaturated/α-hetero) is 1. The van der Waals surface area contributed by atoms with Gasteiger partial charge in [0.1, 0.15) is 0 Å². The highest BCUT2D eigenvalue weighted by Gasteiger charge is 2.11. The number of rotatable bonds is 5. The Balaban J connectivity index is 2.85. The molecule has 0 spiro atoms. The van der Waals surface area contributed by atoms with E-state index in [0.29, 0.717) is 30.0 Å². The van der Waals surface area contributed by atoms with Crippen molar-refractivity contribution < 1.29 is 14.7 Å². The first kappa shape index (κ1) is 12.5. The molecular formula is C11H12ClNO3. The quantitative estimate of drug-likeness (QED) is 0.615. The van der Waals surface area contributed by atoms with E-state index in [-0.39, 0.29) is 5.78 Å². The van der Waals surface area contributed by atoms with Gasteiger partial charge < -0.3 is 5.11 Å². The van der Waals surface area contributed by atoms with Gasteiger partial charge in [-0.2, -0.15) is 0 Å². The van der Waals surface area contributed by atoms with Crippen molar-refractivity contribution in [2.24, 2.45) is 0 Å². The molecule has 0 heterocycles. The van der Waals surface area contributed by atoms with Gasteiger partial charge in [-0.15, -0.1) is 11.6 Å². The first-order valence-electron chi connectivity index (χ1n) is 4.83. The fourth-order valence-corrected chi connectivity index (χ4v) is 1.45. The van der Waals surface area contributed by atoms with Crippen LogP contribution in [0.1, 0.15) is 23.2 Å². The van der Waals surface area contributed by atoms with Gasteiger partial charge in [0, 0.05) is 17.9 Å². The van der Waals surface area contributed by atoms with Gasteiger partial charge in [-0.05, 0) is 18.6 Å². The van der Waals surface area contributed by atoms with Gasteiger partial charge in [0.25, 0.3) is 0 Å². The van der Waals surface area contributed by atoms with E-state index in [4.69, 9.17) is 16.7 Å². The lowest BCUT2D eigenvalue weighted by Crippen LogP contribution is -2.11. The monoisotopic (exact) mass is 241 g/mol. The fourth-order valence-electron chi connectivity index (χ4n) is 1.31. The van der Waals surface area contributed by atoms with Crippen LogP contribution in [0.5, 0.6) is 0 Å². The molecule has 1 aromatic carbocycles. The zero-order valence-corrected chi connectivity index (χ0v) is 9.33. The molecule has 5 heteroatoms. The second kappa shape index (κ2) is 6.12. The van der Waals surface area contributed by atoms with Crippen LogP contribution in [0.15, 0.2) is 24.3 Å². The van der Waals surface area contributed by atoms with Crippen LogP contribution < -0.4 is 5.32 Å². The van der Waals surface area contributed by atoms with Crippen molar-refractivity contribution in [2.45, 2.75) is 12.8 Å². The Kier molecular flexibility index (Phi) is 4.79. The number of anilines is 1. The highest BCUT2D eigenvalue weighted by Crippen LogP contribution is 2.17. The summed E-state index contributed by atoms with van der Waals surface area (Å²) in [5, 5.41) is 10.8. The summed E-state index contributed by atoms with van der Waals surface area (Å²) in [4.78, 5) is 22.2. The Morgan fingerprint density at radius 2 is 2.00 bits per heavy atom. The lowest BCUT2D eigenvalue weighted by molar-refractivity contribution is 0.0983.